The third-order valence-corrected chi connectivity index (χ3v) is 3.85. The van der Waals surface area contributed by atoms with Crippen molar-refractivity contribution in [2.75, 3.05) is 18.1 Å². The molecule has 0 unspecified atom stereocenters. The molecule has 0 heterocycles. The number of halogens is 1. The molecular formula is C19H21ClN2O3. The highest BCUT2D eigenvalue weighted by Gasteiger charge is 2.17. The van der Waals surface area contributed by atoms with Gasteiger partial charge in [-0.3, -0.25) is 9.59 Å². The van der Waals surface area contributed by atoms with Gasteiger partial charge in [-0.1, -0.05) is 29.8 Å². The Kier molecular flexibility index (Phi) is 6.83. The number of nitrogens with two attached hydrogens (primary N) is 1. The van der Waals surface area contributed by atoms with Crippen molar-refractivity contribution in [1.29, 1.82) is 0 Å². The second-order valence-corrected chi connectivity index (χ2v) is 6.08. The van der Waals surface area contributed by atoms with Gasteiger partial charge in [0.1, 0.15) is 12.3 Å². The molecule has 2 amide bonds. The third kappa shape index (κ3) is 5.80. The fraction of sp³-hybridized carbons (Fsp3) is 0.263. The monoisotopic (exact) mass is 360 g/mol. The normalized spacial score (nSPS) is 10.3. The molecule has 0 spiro atoms. The number of rotatable bonds is 8. The number of primary amides is 1. The minimum absolute atomic E-state index is 0.139. The number of ether oxygens (including phenoxy) is 1. The zero-order valence-corrected chi connectivity index (χ0v) is 14.8. The van der Waals surface area contributed by atoms with Gasteiger partial charge < -0.3 is 15.4 Å². The molecule has 132 valence electrons. The van der Waals surface area contributed by atoms with E-state index in [9.17, 15) is 9.59 Å². The van der Waals surface area contributed by atoms with Crippen LogP contribution in [0.15, 0.2) is 48.5 Å². The average molecular weight is 361 g/mol. The fourth-order valence-corrected chi connectivity index (χ4v) is 2.63. The zero-order chi connectivity index (χ0) is 18.2. The lowest BCUT2D eigenvalue weighted by atomic mass is 10.2. The van der Waals surface area contributed by atoms with E-state index in [4.69, 9.17) is 22.1 Å². The van der Waals surface area contributed by atoms with Crippen molar-refractivity contribution in [2.45, 2.75) is 19.8 Å². The molecule has 0 aromatic heterocycles. The Bertz CT molecular complexity index is 735. The maximum absolute atomic E-state index is 12.4. The molecule has 0 saturated heterocycles. The number of aryl methyl sites for hydroxylation is 1. The van der Waals surface area contributed by atoms with Crippen LogP contribution in [0, 0.1) is 6.92 Å². The topological polar surface area (TPSA) is 72.6 Å². The van der Waals surface area contributed by atoms with Crippen LogP contribution in [0.25, 0.3) is 0 Å². The number of amides is 2. The van der Waals surface area contributed by atoms with Gasteiger partial charge in [0.2, 0.25) is 11.8 Å². The van der Waals surface area contributed by atoms with E-state index in [1.165, 1.54) is 4.90 Å². The summed E-state index contributed by atoms with van der Waals surface area (Å²) in [5, 5.41) is 0.657. The molecule has 0 aliphatic heterocycles. The first-order valence-electron chi connectivity index (χ1n) is 8.00. The Labute approximate surface area is 152 Å². The predicted molar refractivity (Wildman–Crippen MR) is 98.9 cm³/mol. The van der Waals surface area contributed by atoms with Crippen molar-refractivity contribution in [1.82, 2.24) is 0 Å². The molecule has 0 radical (unpaired) electrons. The third-order valence-electron chi connectivity index (χ3n) is 3.61. The number of benzene rings is 2. The average Bonchev–Trinajstić information content (AvgIpc) is 2.58. The number of hydrogen-bond acceptors (Lipinski definition) is 3. The number of nitrogens with zero attached hydrogens (tertiary/aromatic N) is 1. The molecular weight excluding hydrogens is 340 g/mol. The standard InChI is InChI=1S/C19H21ClN2O3/c1-14-12-15(20)9-10-17(14)25-11-5-8-19(24)22(13-18(21)23)16-6-3-2-4-7-16/h2-4,6-7,9-10,12H,5,8,11,13H2,1H3,(H2,21,23). The quantitative estimate of drug-likeness (QED) is 0.734. The number of carbonyl (C=O) groups excluding carboxylic acids is 2. The molecule has 2 aromatic carbocycles. The number of anilines is 1. The van der Waals surface area contributed by atoms with E-state index in [-0.39, 0.29) is 18.9 Å². The number of hydrogen-bond donors (Lipinski definition) is 1. The summed E-state index contributed by atoms with van der Waals surface area (Å²) >= 11 is 5.91. The Morgan fingerprint density at radius 2 is 1.88 bits per heavy atom. The van der Waals surface area contributed by atoms with Crippen LogP contribution in [0.2, 0.25) is 5.02 Å². The maximum Gasteiger partial charge on any atom is 0.237 e. The van der Waals surface area contributed by atoms with Crippen molar-refractivity contribution in [3.8, 4) is 5.75 Å². The van der Waals surface area contributed by atoms with Crippen LogP contribution in [-0.4, -0.2) is 25.0 Å². The van der Waals surface area contributed by atoms with E-state index < -0.39 is 5.91 Å². The van der Waals surface area contributed by atoms with Crippen LogP contribution in [0.4, 0.5) is 5.69 Å². The number of para-hydroxylation sites is 1. The van der Waals surface area contributed by atoms with Gasteiger partial charge in [-0.15, -0.1) is 0 Å². The molecule has 6 heteroatoms. The molecule has 0 aliphatic carbocycles. The highest BCUT2D eigenvalue weighted by molar-refractivity contribution is 6.30. The van der Waals surface area contributed by atoms with Gasteiger partial charge in [0.05, 0.1) is 6.61 Å². The molecule has 0 fully saturated rings. The van der Waals surface area contributed by atoms with Crippen LogP contribution < -0.4 is 15.4 Å². The molecule has 0 bridgehead atoms. The molecule has 0 saturated carbocycles. The van der Waals surface area contributed by atoms with E-state index in [2.05, 4.69) is 0 Å². The van der Waals surface area contributed by atoms with Gasteiger partial charge in [-0.25, -0.2) is 0 Å². The summed E-state index contributed by atoms with van der Waals surface area (Å²) in [5.41, 5.74) is 6.86. The molecule has 2 rings (SSSR count). The van der Waals surface area contributed by atoms with Crippen molar-refractivity contribution in [2.24, 2.45) is 5.73 Å². The van der Waals surface area contributed by atoms with Gasteiger partial charge in [-0.2, -0.15) is 0 Å². The molecule has 0 aliphatic rings. The Morgan fingerprint density at radius 3 is 2.52 bits per heavy atom. The summed E-state index contributed by atoms with van der Waals surface area (Å²) in [6.07, 6.45) is 0.789. The summed E-state index contributed by atoms with van der Waals surface area (Å²) in [4.78, 5) is 25.1. The van der Waals surface area contributed by atoms with E-state index in [0.29, 0.717) is 23.7 Å². The first-order chi connectivity index (χ1) is 12.0. The lowest BCUT2D eigenvalue weighted by Crippen LogP contribution is -2.38. The first kappa shape index (κ1) is 18.8. The van der Waals surface area contributed by atoms with Gasteiger partial charge in [0, 0.05) is 17.1 Å². The van der Waals surface area contributed by atoms with Crippen molar-refractivity contribution in [3.63, 3.8) is 0 Å². The van der Waals surface area contributed by atoms with Gasteiger partial charge in [-0.05, 0) is 49.2 Å². The smallest absolute Gasteiger partial charge is 0.237 e. The van der Waals surface area contributed by atoms with Crippen LogP contribution in [-0.2, 0) is 9.59 Å². The minimum Gasteiger partial charge on any atom is -0.493 e. The lowest BCUT2D eigenvalue weighted by molar-refractivity contribution is -0.122. The summed E-state index contributed by atoms with van der Waals surface area (Å²) in [6.45, 7) is 2.17. The predicted octanol–water partition coefficient (Wildman–Crippen LogP) is 3.33. The van der Waals surface area contributed by atoms with Crippen molar-refractivity contribution < 1.29 is 14.3 Å². The maximum atomic E-state index is 12.4. The summed E-state index contributed by atoms with van der Waals surface area (Å²) in [6, 6.07) is 14.4. The highest BCUT2D eigenvalue weighted by Crippen LogP contribution is 2.22. The Balaban J connectivity index is 1.89. The van der Waals surface area contributed by atoms with Crippen molar-refractivity contribution >= 4 is 29.1 Å². The van der Waals surface area contributed by atoms with E-state index >= 15 is 0 Å². The second kappa shape index (κ2) is 9.08. The van der Waals surface area contributed by atoms with Gasteiger partial charge in [0.25, 0.3) is 0 Å². The number of carbonyl (C=O) groups is 2. The largest absolute Gasteiger partial charge is 0.493 e. The molecule has 0 atom stereocenters. The van der Waals surface area contributed by atoms with E-state index in [0.717, 1.165) is 11.3 Å². The van der Waals surface area contributed by atoms with Crippen LogP contribution in [0.5, 0.6) is 5.75 Å². The fourth-order valence-electron chi connectivity index (χ4n) is 2.40. The summed E-state index contributed by atoms with van der Waals surface area (Å²) < 4.78 is 5.69. The zero-order valence-electron chi connectivity index (χ0n) is 14.1. The SMILES string of the molecule is Cc1cc(Cl)ccc1OCCCC(=O)N(CC(N)=O)c1ccccc1. The van der Waals surface area contributed by atoms with Crippen molar-refractivity contribution in [3.05, 3.63) is 59.1 Å². The summed E-state index contributed by atoms with van der Waals surface area (Å²) in [7, 11) is 0. The van der Waals surface area contributed by atoms with E-state index in [1.54, 1.807) is 18.2 Å². The molecule has 5 nitrogen and oxygen atoms in total. The van der Waals surface area contributed by atoms with Crippen LogP contribution >= 0.6 is 11.6 Å². The van der Waals surface area contributed by atoms with Crippen LogP contribution in [0.1, 0.15) is 18.4 Å². The molecule has 2 N–H and O–H groups in total. The molecule has 25 heavy (non-hydrogen) atoms. The lowest BCUT2D eigenvalue weighted by Gasteiger charge is -2.21. The highest BCUT2D eigenvalue weighted by atomic mass is 35.5. The van der Waals surface area contributed by atoms with Crippen LogP contribution in [0.3, 0.4) is 0 Å². The Hall–Kier alpha value is -2.53. The second-order valence-electron chi connectivity index (χ2n) is 5.64. The van der Waals surface area contributed by atoms with Gasteiger partial charge >= 0.3 is 0 Å². The summed E-state index contributed by atoms with van der Waals surface area (Å²) in [5.74, 6) is 0.0283. The van der Waals surface area contributed by atoms with Gasteiger partial charge in [0.15, 0.2) is 0 Å². The Morgan fingerprint density at radius 1 is 1.16 bits per heavy atom. The first-order valence-corrected chi connectivity index (χ1v) is 8.38. The molecule has 2 aromatic rings. The van der Waals surface area contributed by atoms with E-state index in [1.807, 2.05) is 37.3 Å². The minimum atomic E-state index is -0.551.